The summed E-state index contributed by atoms with van der Waals surface area (Å²) in [4.78, 5) is 36.4. The molecule has 0 saturated heterocycles. The van der Waals surface area contributed by atoms with E-state index in [0.29, 0.717) is 5.69 Å². The van der Waals surface area contributed by atoms with Crippen LogP contribution in [0.15, 0.2) is 35.4 Å². The number of carbonyl (C=O) groups excluding carboxylic acids is 3. The first-order chi connectivity index (χ1) is 11.7. The van der Waals surface area contributed by atoms with Crippen molar-refractivity contribution in [2.75, 3.05) is 5.01 Å². The molecule has 1 atom stereocenters. The van der Waals surface area contributed by atoms with Gasteiger partial charge in [-0.3, -0.25) is 9.59 Å². The minimum atomic E-state index is -0.947. The van der Waals surface area contributed by atoms with Gasteiger partial charge in [-0.2, -0.15) is 5.10 Å². The molecule has 2 amide bonds. The largest absolute Gasteiger partial charge is 0.448 e. The smallest absolute Gasteiger partial charge is 0.355 e. The third kappa shape index (κ3) is 5.14. The normalized spacial score (nSPS) is 16.1. The molecule has 2 rings (SSSR count). The zero-order valence-electron chi connectivity index (χ0n) is 14.9. The van der Waals surface area contributed by atoms with Gasteiger partial charge < -0.3 is 10.1 Å². The fourth-order valence-corrected chi connectivity index (χ4v) is 2.22. The highest BCUT2D eigenvalue weighted by Crippen LogP contribution is 2.20. The predicted octanol–water partition coefficient (Wildman–Crippen LogP) is 2.02. The van der Waals surface area contributed by atoms with Gasteiger partial charge in [-0.25, -0.2) is 9.80 Å². The van der Waals surface area contributed by atoms with Crippen LogP contribution in [0.2, 0.25) is 0 Å². The average Bonchev–Trinajstić information content (AvgIpc) is 2.54. The second-order valence-electron chi connectivity index (χ2n) is 6.87. The number of carbonyl (C=O) groups is 3. The van der Waals surface area contributed by atoms with Crippen LogP contribution < -0.4 is 10.3 Å². The predicted molar refractivity (Wildman–Crippen MR) is 94.0 cm³/mol. The van der Waals surface area contributed by atoms with Gasteiger partial charge in [0, 0.05) is 18.4 Å². The van der Waals surface area contributed by atoms with E-state index < -0.39 is 17.6 Å². The summed E-state index contributed by atoms with van der Waals surface area (Å²) in [5.41, 5.74) is 0.284. The van der Waals surface area contributed by atoms with Crippen molar-refractivity contribution in [3.63, 3.8) is 0 Å². The molecule has 7 nitrogen and oxygen atoms in total. The fourth-order valence-electron chi connectivity index (χ4n) is 2.22. The molecule has 0 fully saturated rings. The van der Waals surface area contributed by atoms with Crippen molar-refractivity contribution in [1.29, 1.82) is 0 Å². The summed E-state index contributed by atoms with van der Waals surface area (Å²) in [6.07, 6.45) is -0.600. The van der Waals surface area contributed by atoms with Crippen molar-refractivity contribution in [2.24, 2.45) is 5.10 Å². The number of amides is 2. The molecule has 1 unspecified atom stereocenters. The molecule has 7 heteroatoms. The summed E-state index contributed by atoms with van der Waals surface area (Å²) in [5.74, 6) is -1.26. The van der Waals surface area contributed by atoms with E-state index >= 15 is 0 Å². The summed E-state index contributed by atoms with van der Waals surface area (Å²) in [6, 6.07) is 8.85. The molecule has 0 bridgehead atoms. The number of nitrogens with zero attached hydrogens (tertiary/aromatic N) is 2. The van der Waals surface area contributed by atoms with Crippen LogP contribution in [0, 0.1) is 0 Å². The van der Waals surface area contributed by atoms with E-state index in [2.05, 4.69) is 10.4 Å². The maximum Gasteiger partial charge on any atom is 0.355 e. The van der Waals surface area contributed by atoms with Gasteiger partial charge in [-0.1, -0.05) is 18.2 Å². The van der Waals surface area contributed by atoms with Gasteiger partial charge in [0.25, 0.3) is 5.91 Å². The van der Waals surface area contributed by atoms with Crippen LogP contribution in [-0.2, 0) is 19.1 Å². The van der Waals surface area contributed by atoms with Crippen molar-refractivity contribution in [3.05, 3.63) is 30.3 Å². The fraction of sp³-hybridized carbons (Fsp3) is 0.444. The number of hydrazone groups is 1. The van der Waals surface area contributed by atoms with Crippen LogP contribution in [-0.4, -0.2) is 35.1 Å². The number of rotatable bonds is 4. The molecule has 134 valence electrons. The maximum atomic E-state index is 12.3. The average molecular weight is 345 g/mol. The Bertz CT molecular complexity index is 692. The van der Waals surface area contributed by atoms with E-state index in [1.807, 2.05) is 26.8 Å². The van der Waals surface area contributed by atoms with Gasteiger partial charge in [0.1, 0.15) is 5.71 Å². The number of benzene rings is 1. The number of hydrogen-bond acceptors (Lipinski definition) is 5. The number of esters is 1. The standard InChI is InChI=1S/C18H23N3O4/c1-12(16(23)19-18(2,3)4)25-17(24)14-10-11-15(22)21(20-14)13-8-6-5-7-9-13/h5-9,12H,10-11H2,1-4H3,(H,19,23). The zero-order valence-corrected chi connectivity index (χ0v) is 14.9. The summed E-state index contributed by atoms with van der Waals surface area (Å²) >= 11 is 0. The lowest BCUT2D eigenvalue weighted by molar-refractivity contribution is -0.149. The van der Waals surface area contributed by atoms with Gasteiger partial charge in [0.05, 0.1) is 5.69 Å². The summed E-state index contributed by atoms with van der Waals surface area (Å²) < 4.78 is 5.20. The van der Waals surface area contributed by atoms with Crippen LogP contribution in [0.1, 0.15) is 40.5 Å². The first-order valence-electron chi connectivity index (χ1n) is 8.16. The lowest BCUT2D eigenvalue weighted by atomic mass is 10.1. The lowest BCUT2D eigenvalue weighted by Gasteiger charge is -2.25. The quantitative estimate of drug-likeness (QED) is 0.846. The highest BCUT2D eigenvalue weighted by molar-refractivity contribution is 6.38. The summed E-state index contributed by atoms with van der Waals surface area (Å²) in [5, 5.41) is 8.06. The molecule has 25 heavy (non-hydrogen) atoms. The minimum Gasteiger partial charge on any atom is -0.448 e. The van der Waals surface area contributed by atoms with E-state index in [9.17, 15) is 14.4 Å². The third-order valence-corrected chi connectivity index (χ3v) is 3.42. The van der Waals surface area contributed by atoms with E-state index in [1.165, 1.54) is 11.9 Å². The minimum absolute atomic E-state index is 0.124. The number of nitrogens with one attached hydrogen (secondary N) is 1. The topological polar surface area (TPSA) is 88.1 Å². The van der Waals surface area contributed by atoms with Crippen LogP contribution >= 0.6 is 0 Å². The second-order valence-corrected chi connectivity index (χ2v) is 6.87. The first-order valence-corrected chi connectivity index (χ1v) is 8.16. The van der Waals surface area contributed by atoms with Gasteiger partial charge in [0.15, 0.2) is 6.10 Å². The molecule has 0 saturated carbocycles. The Morgan fingerprint density at radius 2 is 1.84 bits per heavy atom. The second kappa shape index (κ2) is 7.46. The Kier molecular flexibility index (Phi) is 5.56. The number of para-hydroxylation sites is 1. The molecule has 1 aromatic carbocycles. The zero-order chi connectivity index (χ0) is 18.6. The Labute approximate surface area is 147 Å². The molecule has 0 radical (unpaired) electrons. The van der Waals surface area contributed by atoms with Crippen LogP contribution in [0.4, 0.5) is 5.69 Å². The van der Waals surface area contributed by atoms with E-state index in [1.54, 1.807) is 24.3 Å². The first kappa shape index (κ1) is 18.6. The van der Waals surface area contributed by atoms with Crippen LogP contribution in [0.25, 0.3) is 0 Å². The highest BCUT2D eigenvalue weighted by atomic mass is 16.5. The monoisotopic (exact) mass is 345 g/mol. The molecule has 0 aromatic heterocycles. The van der Waals surface area contributed by atoms with Gasteiger partial charge >= 0.3 is 5.97 Å². The van der Waals surface area contributed by atoms with Gasteiger partial charge in [0.2, 0.25) is 5.91 Å². The lowest BCUT2D eigenvalue weighted by Crippen LogP contribution is -2.47. The molecule has 1 aliphatic heterocycles. The molecule has 1 N–H and O–H groups in total. The van der Waals surface area contributed by atoms with Gasteiger partial charge in [-0.15, -0.1) is 0 Å². The molecule has 1 heterocycles. The summed E-state index contributed by atoms with van der Waals surface area (Å²) in [7, 11) is 0. The van der Waals surface area contributed by atoms with E-state index in [4.69, 9.17) is 4.74 Å². The highest BCUT2D eigenvalue weighted by Gasteiger charge is 2.29. The Hall–Kier alpha value is -2.70. The molecule has 0 spiro atoms. The van der Waals surface area contributed by atoms with Crippen molar-refractivity contribution in [1.82, 2.24) is 5.32 Å². The SMILES string of the molecule is CC(OC(=O)C1=NN(c2ccccc2)C(=O)CC1)C(=O)NC(C)(C)C. The summed E-state index contributed by atoms with van der Waals surface area (Å²) in [6.45, 7) is 7.03. The van der Waals surface area contributed by atoms with Crippen molar-refractivity contribution in [2.45, 2.75) is 52.2 Å². The van der Waals surface area contributed by atoms with Crippen molar-refractivity contribution < 1.29 is 19.1 Å². The molecule has 1 aliphatic rings. The molecular weight excluding hydrogens is 322 g/mol. The molecule has 0 aliphatic carbocycles. The number of hydrogen-bond donors (Lipinski definition) is 1. The van der Waals surface area contributed by atoms with Gasteiger partial charge in [-0.05, 0) is 39.8 Å². The molecule has 1 aromatic rings. The Morgan fingerprint density at radius 1 is 1.20 bits per heavy atom. The van der Waals surface area contributed by atoms with E-state index in [0.717, 1.165) is 0 Å². The maximum absolute atomic E-state index is 12.3. The number of anilines is 1. The molecular formula is C18H23N3O4. The third-order valence-electron chi connectivity index (χ3n) is 3.42. The Balaban J connectivity index is 2.08. The number of ether oxygens (including phenoxy) is 1. The van der Waals surface area contributed by atoms with Crippen molar-refractivity contribution in [3.8, 4) is 0 Å². The van der Waals surface area contributed by atoms with E-state index in [-0.39, 0.29) is 30.4 Å². The van der Waals surface area contributed by atoms with Crippen LogP contribution in [0.3, 0.4) is 0 Å². The Morgan fingerprint density at radius 3 is 2.44 bits per heavy atom. The van der Waals surface area contributed by atoms with Crippen molar-refractivity contribution >= 4 is 29.2 Å². The van der Waals surface area contributed by atoms with Crippen LogP contribution in [0.5, 0.6) is 0 Å².